The first-order valence-electron chi connectivity index (χ1n) is 9.75. The van der Waals surface area contributed by atoms with Gasteiger partial charge in [-0.25, -0.2) is 0 Å². The molecule has 0 aromatic heterocycles. The largest absolute Gasteiger partial charge is 0.337 e. The lowest BCUT2D eigenvalue weighted by molar-refractivity contribution is -0.131. The summed E-state index contributed by atoms with van der Waals surface area (Å²) in [4.78, 5) is 29.0. The smallest absolute Gasteiger partial charge is 0.229 e. The Balaban J connectivity index is 1.54. The van der Waals surface area contributed by atoms with E-state index >= 15 is 0 Å². The molecule has 26 heavy (non-hydrogen) atoms. The summed E-state index contributed by atoms with van der Waals surface area (Å²) in [6, 6.07) is 8.11. The molecule has 1 N–H and O–H groups in total. The van der Waals surface area contributed by atoms with Gasteiger partial charge in [-0.2, -0.15) is 0 Å². The van der Waals surface area contributed by atoms with Gasteiger partial charge >= 0.3 is 0 Å². The van der Waals surface area contributed by atoms with Gasteiger partial charge in [-0.05, 0) is 64.4 Å². The number of anilines is 1. The minimum absolute atomic E-state index is 0.0612. The van der Waals surface area contributed by atoms with Gasteiger partial charge in [0, 0.05) is 30.7 Å². The molecule has 1 unspecified atom stereocenters. The van der Waals surface area contributed by atoms with Crippen LogP contribution in [0.5, 0.6) is 0 Å². The maximum atomic E-state index is 12.5. The number of nitrogens with one attached hydrogen (secondary N) is 1. The molecule has 2 heterocycles. The number of piperidine rings is 1. The zero-order valence-electron chi connectivity index (χ0n) is 16.3. The predicted molar refractivity (Wildman–Crippen MR) is 104 cm³/mol. The fourth-order valence-corrected chi connectivity index (χ4v) is 3.84. The number of carbonyl (C=O) groups is 2. The van der Waals surface area contributed by atoms with Gasteiger partial charge < -0.3 is 10.2 Å². The number of rotatable bonds is 4. The number of carbonyl (C=O) groups excluding carboxylic acids is 2. The molecule has 2 aliphatic heterocycles. The Morgan fingerprint density at radius 1 is 1.12 bits per heavy atom. The van der Waals surface area contributed by atoms with Crippen LogP contribution in [0.1, 0.15) is 52.0 Å². The number of hydrogen-bond donors (Lipinski definition) is 1. The number of amides is 2. The van der Waals surface area contributed by atoms with Crippen molar-refractivity contribution in [3.63, 3.8) is 0 Å². The molecule has 0 radical (unpaired) electrons. The molecular formula is C21H31N3O2. The molecule has 5 heteroatoms. The van der Waals surface area contributed by atoms with Crippen LogP contribution in [0.15, 0.2) is 24.3 Å². The first kappa shape index (κ1) is 18.9. The Morgan fingerprint density at radius 3 is 2.35 bits per heavy atom. The standard InChI is InChI=1S/C21H31N3O2/c1-21(2,3)24-15-17(13-19(24)25)20(26)22-18-9-7-16(8-10-18)14-23-11-5-4-6-12-23/h7-10,17H,4-6,11-15H2,1-3H3,(H,22,26). The summed E-state index contributed by atoms with van der Waals surface area (Å²) in [7, 11) is 0. The van der Waals surface area contributed by atoms with E-state index < -0.39 is 0 Å². The summed E-state index contributed by atoms with van der Waals surface area (Å²) in [6.45, 7) is 9.86. The van der Waals surface area contributed by atoms with E-state index in [0.717, 1.165) is 12.2 Å². The van der Waals surface area contributed by atoms with Gasteiger partial charge in [0.2, 0.25) is 11.8 Å². The molecule has 2 saturated heterocycles. The highest BCUT2D eigenvalue weighted by Gasteiger charge is 2.39. The summed E-state index contributed by atoms with van der Waals surface area (Å²) < 4.78 is 0. The van der Waals surface area contributed by atoms with Crippen molar-refractivity contribution in [1.29, 1.82) is 0 Å². The molecule has 0 aliphatic carbocycles. The first-order valence-corrected chi connectivity index (χ1v) is 9.75. The minimum atomic E-state index is -0.269. The van der Waals surface area contributed by atoms with E-state index in [-0.39, 0.29) is 23.3 Å². The second-order valence-corrected chi connectivity index (χ2v) is 8.60. The average molecular weight is 357 g/mol. The molecule has 2 amide bonds. The van der Waals surface area contributed by atoms with Crippen LogP contribution < -0.4 is 5.32 Å². The Kier molecular flexibility index (Phi) is 5.66. The number of nitrogens with zero attached hydrogens (tertiary/aromatic N) is 2. The maximum absolute atomic E-state index is 12.5. The van der Waals surface area contributed by atoms with Crippen molar-refractivity contribution in [2.75, 3.05) is 25.0 Å². The molecule has 3 rings (SSSR count). The van der Waals surface area contributed by atoms with Gasteiger partial charge in [-0.3, -0.25) is 14.5 Å². The van der Waals surface area contributed by atoms with Crippen molar-refractivity contribution >= 4 is 17.5 Å². The number of hydrogen-bond acceptors (Lipinski definition) is 3. The second kappa shape index (κ2) is 7.78. The van der Waals surface area contributed by atoms with Gasteiger partial charge in [0.1, 0.15) is 0 Å². The fraction of sp³-hybridized carbons (Fsp3) is 0.619. The zero-order chi connectivity index (χ0) is 18.7. The van der Waals surface area contributed by atoms with Crippen LogP contribution in [-0.4, -0.2) is 46.8 Å². The average Bonchev–Trinajstić information content (AvgIpc) is 3.00. The maximum Gasteiger partial charge on any atom is 0.229 e. The van der Waals surface area contributed by atoms with E-state index in [1.54, 1.807) is 4.90 Å². The van der Waals surface area contributed by atoms with E-state index in [9.17, 15) is 9.59 Å². The van der Waals surface area contributed by atoms with Crippen molar-refractivity contribution in [2.24, 2.45) is 5.92 Å². The van der Waals surface area contributed by atoms with Crippen LogP contribution in [0, 0.1) is 5.92 Å². The Morgan fingerprint density at radius 2 is 1.77 bits per heavy atom. The third-order valence-corrected chi connectivity index (χ3v) is 5.38. The molecule has 1 aromatic carbocycles. The zero-order valence-corrected chi connectivity index (χ0v) is 16.3. The quantitative estimate of drug-likeness (QED) is 0.900. The fourth-order valence-electron chi connectivity index (χ4n) is 3.84. The van der Waals surface area contributed by atoms with Gasteiger partial charge in [0.05, 0.1) is 5.92 Å². The molecule has 1 aromatic rings. The molecule has 0 spiro atoms. The van der Waals surface area contributed by atoms with Crippen LogP contribution in [0.4, 0.5) is 5.69 Å². The number of likely N-dealkylation sites (tertiary alicyclic amines) is 2. The highest BCUT2D eigenvalue weighted by Crippen LogP contribution is 2.26. The Hall–Kier alpha value is -1.88. The molecule has 2 aliphatic rings. The van der Waals surface area contributed by atoms with Crippen molar-refractivity contribution in [2.45, 2.75) is 58.5 Å². The SMILES string of the molecule is CC(C)(C)N1CC(C(=O)Nc2ccc(CN3CCCCC3)cc2)CC1=O. The second-order valence-electron chi connectivity index (χ2n) is 8.60. The molecular weight excluding hydrogens is 326 g/mol. The van der Waals surface area contributed by atoms with E-state index in [1.165, 1.54) is 37.9 Å². The Labute approximate surface area is 156 Å². The van der Waals surface area contributed by atoms with Crippen LogP contribution >= 0.6 is 0 Å². The first-order chi connectivity index (χ1) is 12.3. The molecule has 0 saturated carbocycles. The van der Waals surface area contributed by atoms with Crippen molar-refractivity contribution in [1.82, 2.24) is 9.80 Å². The highest BCUT2D eigenvalue weighted by molar-refractivity contribution is 5.97. The molecule has 2 fully saturated rings. The van der Waals surface area contributed by atoms with Crippen LogP contribution in [0.2, 0.25) is 0 Å². The summed E-state index contributed by atoms with van der Waals surface area (Å²) in [5, 5.41) is 2.98. The van der Waals surface area contributed by atoms with Gasteiger partial charge in [-0.1, -0.05) is 18.6 Å². The molecule has 142 valence electrons. The van der Waals surface area contributed by atoms with Gasteiger partial charge in [0.25, 0.3) is 0 Å². The van der Waals surface area contributed by atoms with Crippen molar-refractivity contribution in [3.05, 3.63) is 29.8 Å². The number of benzene rings is 1. The topological polar surface area (TPSA) is 52.7 Å². The lowest BCUT2D eigenvalue weighted by Gasteiger charge is -2.31. The predicted octanol–water partition coefficient (Wildman–Crippen LogP) is 3.26. The molecule has 5 nitrogen and oxygen atoms in total. The third kappa shape index (κ3) is 4.64. The monoisotopic (exact) mass is 357 g/mol. The van der Waals surface area contributed by atoms with Crippen molar-refractivity contribution < 1.29 is 9.59 Å². The summed E-state index contributed by atoms with van der Waals surface area (Å²) >= 11 is 0. The van der Waals surface area contributed by atoms with E-state index in [1.807, 2.05) is 32.9 Å². The normalized spacial score (nSPS) is 21.9. The molecule has 1 atom stereocenters. The lowest BCUT2D eigenvalue weighted by atomic mass is 10.1. The van der Waals surface area contributed by atoms with Crippen LogP contribution in [-0.2, 0) is 16.1 Å². The van der Waals surface area contributed by atoms with Gasteiger partial charge in [0.15, 0.2) is 0 Å². The molecule has 0 bridgehead atoms. The van der Waals surface area contributed by atoms with E-state index in [2.05, 4.69) is 22.3 Å². The van der Waals surface area contributed by atoms with Crippen LogP contribution in [0.3, 0.4) is 0 Å². The summed E-state index contributed by atoms with van der Waals surface area (Å²) in [5.41, 5.74) is 1.85. The summed E-state index contributed by atoms with van der Waals surface area (Å²) in [6.07, 6.45) is 4.23. The van der Waals surface area contributed by atoms with E-state index in [0.29, 0.717) is 13.0 Å². The third-order valence-electron chi connectivity index (χ3n) is 5.38. The van der Waals surface area contributed by atoms with Crippen LogP contribution in [0.25, 0.3) is 0 Å². The van der Waals surface area contributed by atoms with Crippen molar-refractivity contribution in [3.8, 4) is 0 Å². The summed E-state index contributed by atoms with van der Waals surface area (Å²) in [5.74, 6) is -0.266. The Bertz CT molecular complexity index is 642. The lowest BCUT2D eigenvalue weighted by Crippen LogP contribution is -2.42. The van der Waals surface area contributed by atoms with Gasteiger partial charge in [-0.15, -0.1) is 0 Å². The van der Waals surface area contributed by atoms with E-state index in [4.69, 9.17) is 0 Å². The minimum Gasteiger partial charge on any atom is -0.337 e. The highest BCUT2D eigenvalue weighted by atomic mass is 16.2.